The number of alkyl halides is 6. The fraction of sp³-hybridized carbons (Fsp3) is 0.571. The molecule has 1 aromatic rings. The second-order valence-corrected chi connectivity index (χ2v) is 7.10. The molecule has 1 rings (SSSR count). The summed E-state index contributed by atoms with van der Waals surface area (Å²) in [4.78, 5) is 32.2. The van der Waals surface area contributed by atoms with Crippen LogP contribution in [0.25, 0.3) is 0 Å². The maximum Gasteiger partial charge on any atom is 0.490 e. The Kier molecular flexibility index (Phi) is 17.2. The molecule has 0 aliphatic carbocycles. The maximum absolute atomic E-state index is 12.5. The molecule has 0 fully saturated rings. The number of amides is 1. The summed E-state index contributed by atoms with van der Waals surface area (Å²) in [5.41, 5.74) is 12.7. The first kappa shape index (κ1) is 34.3. The second kappa shape index (κ2) is 17.5. The zero-order valence-corrected chi connectivity index (χ0v) is 19.1. The molecule has 8 nitrogen and oxygen atoms in total. The minimum atomic E-state index is -5.08. The average Bonchev–Trinajstić information content (AvgIpc) is 2.76. The van der Waals surface area contributed by atoms with Gasteiger partial charge < -0.3 is 26.6 Å². The van der Waals surface area contributed by atoms with Gasteiger partial charge in [0, 0.05) is 13.1 Å². The summed E-state index contributed by atoms with van der Waals surface area (Å²) in [5, 5.41) is 14.2. The van der Waals surface area contributed by atoms with Crippen molar-refractivity contribution in [2.24, 2.45) is 11.5 Å². The van der Waals surface area contributed by atoms with Gasteiger partial charge in [0.15, 0.2) is 0 Å². The van der Waals surface area contributed by atoms with E-state index in [1.165, 1.54) is 0 Å². The Morgan fingerprint density at radius 1 is 0.914 bits per heavy atom. The van der Waals surface area contributed by atoms with Crippen LogP contribution in [0, 0.1) is 0 Å². The highest BCUT2D eigenvalue weighted by atomic mass is 19.4. The van der Waals surface area contributed by atoms with E-state index >= 15 is 0 Å². The van der Waals surface area contributed by atoms with Crippen LogP contribution in [0.4, 0.5) is 26.3 Å². The topological polar surface area (TPSA) is 147 Å². The quantitative estimate of drug-likeness (QED) is 0.273. The second-order valence-electron chi connectivity index (χ2n) is 7.10. The highest BCUT2D eigenvalue weighted by Crippen LogP contribution is 2.14. The maximum atomic E-state index is 12.5. The van der Waals surface area contributed by atoms with Crippen LogP contribution in [0.2, 0.25) is 0 Å². The number of halogens is 6. The van der Waals surface area contributed by atoms with Crippen LogP contribution in [0.1, 0.15) is 44.6 Å². The van der Waals surface area contributed by atoms with Gasteiger partial charge in [-0.25, -0.2) is 9.59 Å². The van der Waals surface area contributed by atoms with E-state index in [0.717, 1.165) is 37.8 Å². The molecule has 0 saturated carbocycles. The van der Waals surface area contributed by atoms with Gasteiger partial charge in [0.05, 0.1) is 6.04 Å². The van der Waals surface area contributed by atoms with Crippen molar-refractivity contribution in [3.63, 3.8) is 0 Å². The van der Waals surface area contributed by atoms with Gasteiger partial charge in [0.25, 0.3) is 0 Å². The van der Waals surface area contributed by atoms with Gasteiger partial charge in [0.1, 0.15) is 0 Å². The number of hydrogen-bond acceptors (Lipinski definition) is 5. The number of carboxylic acid groups (broad SMARTS) is 2. The number of rotatable bonds is 10. The average molecular weight is 519 g/mol. The lowest BCUT2D eigenvalue weighted by Crippen LogP contribution is -2.43. The van der Waals surface area contributed by atoms with Crippen molar-refractivity contribution in [2.75, 3.05) is 13.1 Å². The fourth-order valence-corrected chi connectivity index (χ4v) is 2.29. The van der Waals surface area contributed by atoms with Crippen LogP contribution in [-0.2, 0) is 20.9 Å². The highest BCUT2D eigenvalue weighted by Gasteiger charge is 2.38. The van der Waals surface area contributed by atoms with Gasteiger partial charge in [-0.15, -0.1) is 0 Å². The Morgan fingerprint density at radius 3 is 1.74 bits per heavy atom. The molecule has 0 aromatic heterocycles. The summed E-state index contributed by atoms with van der Waals surface area (Å²) >= 11 is 0. The first-order valence-electron chi connectivity index (χ1n) is 10.5. The monoisotopic (exact) mass is 519 g/mol. The van der Waals surface area contributed by atoms with Crippen molar-refractivity contribution in [2.45, 2.75) is 64.0 Å². The van der Waals surface area contributed by atoms with Crippen LogP contribution >= 0.6 is 0 Å². The van der Waals surface area contributed by atoms with Crippen molar-refractivity contribution in [3.05, 3.63) is 35.9 Å². The molecule has 0 spiro atoms. The summed E-state index contributed by atoms with van der Waals surface area (Å²) in [6.07, 6.45) is -5.53. The number of carboxylic acids is 2. The molecule has 1 aromatic carbocycles. The molecule has 0 aliphatic rings. The number of carbonyl (C=O) groups excluding carboxylic acids is 1. The van der Waals surface area contributed by atoms with E-state index in [1.54, 1.807) is 0 Å². The van der Waals surface area contributed by atoms with E-state index in [4.69, 9.17) is 31.3 Å². The van der Waals surface area contributed by atoms with E-state index in [9.17, 15) is 31.1 Å². The predicted octanol–water partition coefficient (Wildman–Crippen LogP) is 3.54. The normalized spacial score (nSPS) is 11.8. The number of nitrogens with two attached hydrogens (primary N) is 2. The zero-order chi connectivity index (χ0) is 27.7. The summed E-state index contributed by atoms with van der Waals surface area (Å²) < 4.78 is 63.5. The lowest BCUT2D eigenvalue weighted by atomic mass is 10.1. The van der Waals surface area contributed by atoms with Crippen molar-refractivity contribution >= 4 is 17.8 Å². The van der Waals surface area contributed by atoms with Crippen LogP contribution in [0.3, 0.4) is 0 Å². The van der Waals surface area contributed by atoms with Gasteiger partial charge in [-0.05, 0) is 31.4 Å². The molecule has 0 saturated heterocycles. The molecule has 1 atom stereocenters. The summed E-state index contributed by atoms with van der Waals surface area (Å²) in [7, 11) is 0. The minimum Gasteiger partial charge on any atom is -0.475 e. The Balaban J connectivity index is 0. The Labute approximate surface area is 198 Å². The minimum absolute atomic E-state index is 0.0596. The lowest BCUT2D eigenvalue weighted by Gasteiger charge is -2.26. The van der Waals surface area contributed by atoms with Gasteiger partial charge >= 0.3 is 24.3 Å². The van der Waals surface area contributed by atoms with E-state index in [-0.39, 0.29) is 5.91 Å². The third-order valence-electron chi connectivity index (χ3n) is 4.08. The SMILES string of the molecule is CCCCN(Cc1ccccc1)C(=O)[C@@H](N)CCCCN.O=C(O)C(F)(F)F.O=C(O)C(F)(F)F. The molecule has 35 heavy (non-hydrogen) atoms. The van der Waals surface area contributed by atoms with E-state index < -0.39 is 30.3 Å². The third-order valence-corrected chi connectivity index (χ3v) is 4.08. The first-order chi connectivity index (χ1) is 16.1. The zero-order valence-electron chi connectivity index (χ0n) is 19.1. The van der Waals surface area contributed by atoms with Crippen LogP contribution in [0.5, 0.6) is 0 Å². The number of aliphatic carboxylic acids is 2. The first-order valence-corrected chi connectivity index (χ1v) is 10.5. The smallest absolute Gasteiger partial charge is 0.475 e. The highest BCUT2D eigenvalue weighted by molar-refractivity contribution is 5.81. The molecular formula is C21H31F6N3O5. The summed E-state index contributed by atoms with van der Waals surface area (Å²) in [6, 6.07) is 9.67. The summed E-state index contributed by atoms with van der Waals surface area (Å²) in [5.74, 6) is -5.45. The fourth-order valence-electron chi connectivity index (χ4n) is 2.29. The Morgan fingerprint density at radius 2 is 1.37 bits per heavy atom. The van der Waals surface area contributed by atoms with Crippen LogP contribution < -0.4 is 11.5 Å². The lowest BCUT2D eigenvalue weighted by molar-refractivity contribution is -0.193. The number of nitrogens with zero attached hydrogens (tertiary/aromatic N) is 1. The summed E-state index contributed by atoms with van der Waals surface area (Å²) in [6.45, 7) is 4.20. The molecule has 14 heteroatoms. The van der Waals surface area contributed by atoms with Crippen LogP contribution in [-0.4, -0.2) is 64.4 Å². The molecular weight excluding hydrogens is 488 g/mol. The largest absolute Gasteiger partial charge is 0.490 e. The molecule has 1 amide bonds. The predicted molar refractivity (Wildman–Crippen MR) is 115 cm³/mol. The molecule has 0 unspecified atom stereocenters. The Bertz CT molecular complexity index is 721. The number of carbonyl (C=O) groups is 3. The van der Waals surface area contributed by atoms with E-state index in [1.807, 2.05) is 35.2 Å². The van der Waals surface area contributed by atoms with Crippen LogP contribution in [0.15, 0.2) is 30.3 Å². The van der Waals surface area contributed by atoms with Gasteiger partial charge in [0.2, 0.25) is 5.91 Å². The van der Waals surface area contributed by atoms with E-state index in [2.05, 4.69) is 6.92 Å². The molecule has 202 valence electrons. The molecule has 6 N–H and O–H groups in total. The number of benzene rings is 1. The van der Waals surface area contributed by atoms with Gasteiger partial charge in [-0.3, -0.25) is 4.79 Å². The molecule has 0 aliphatic heterocycles. The standard InChI is InChI=1S/C17H29N3O.2C2HF3O2/c1-2-3-13-20(14-15-9-5-4-6-10-15)17(21)16(19)11-7-8-12-18;2*3-2(4,5)1(6)7/h4-6,9-10,16H,2-3,7-8,11-14,18-19H2,1H3;2*(H,6,7)/t16-;;/m0../s1. The van der Waals surface area contributed by atoms with Crippen molar-refractivity contribution in [1.29, 1.82) is 0 Å². The van der Waals surface area contributed by atoms with E-state index in [0.29, 0.717) is 19.5 Å². The van der Waals surface area contributed by atoms with Gasteiger partial charge in [-0.1, -0.05) is 50.1 Å². The molecule has 0 radical (unpaired) electrons. The number of hydrogen-bond donors (Lipinski definition) is 4. The molecule has 0 bridgehead atoms. The van der Waals surface area contributed by atoms with Crippen molar-refractivity contribution < 1.29 is 50.9 Å². The van der Waals surface area contributed by atoms with Crippen molar-refractivity contribution in [1.82, 2.24) is 4.90 Å². The van der Waals surface area contributed by atoms with Crippen molar-refractivity contribution in [3.8, 4) is 0 Å². The number of unbranched alkanes of at least 4 members (excludes halogenated alkanes) is 2. The van der Waals surface area contributed by atoms with Gasteiger partial charge in [-0.2, -0.15) is 26.3 Å². The third kappa shape index (κ3) is 18.2. The Hall–Kier alpha value is -2.87. The molecule has 0 heterocycles.